The van der Waals surface area contributed by atoms with E-state index in [1.54, 1.807) is 13.8 Å². The molecule has 0 radical (unpaired) electrons. The lowest BCUT2D eigenvalue weighted by Crippen LogP contribution is -2.47. The first kappa shape index (κ1) is 17.4. The summed E-state index contributed by atoms with van der Waals surface area (Å²) >= 11 is 0. The summed E-state index contributed by atoms with van der Waals surface area (Å²) in [6.07, 6.45) is 2.65. The minimum Gasteiger partial charge on any atom is -0.465 e. The number of hydrogen-bond acceptors (Lipinski definition) is 5. The monoisotopic (exact) mass is 261 g/mol. The molecule has 0 aromatic carbocycles. The molecule has 0 aliphatic carbocycles. The smallest absolute Gasteiger partial charge is 0.325 e. The minimum absolute atomic E-state index is 0.345. The summed E-state index contributed by atoms with van der Waals surface area (Å²) in [5.41, 5.74) is 4.87. The van der Waals surface area contributed by atoms with Gasteiger partial charge < -0.3 is 19.9 Å². The van der Waals surface area contributed by atoms with Gasteiger partial charge in [0.2, 0.25) is 0 Å². The van der Waals surface area contributed by atoms with Gasteiger partial charge in [0.05, 0.1) is 19.8 Å². The van der Waals surface area contributed by atoms with Crippen LogP contribution in [-0.2, 0) is 19.0 Å². The fourth-order valence-corrected chi connectivity index (χ4v) is 1.25. The van der Waals surface area contributed by atoms with E-state index in [-0.39, 0.29) is 5.97 Å². The molecule has 0 rings (SSSR count). The molecule has 1 unspecified atom stereocenters. The summed E-state index contributed by atoms with van der Waals surface area (Å²) in [5.74, 6) is -0.382. The van der Waals surface area contributed by atoms with Gasteiger partial charge >= 0.3 is 5.97 Å². The molecule has 0 amide bonds. The molecule has 5 nitrogen and oxygen atoms in total. The van der Waals surface area contributed by atoms with Crippen LogP contribution in [0, 0.1) is 0 Å². The van der Waals surface area contributed by atoms with Crippen molar-refractivity contribution in [3.8, 4) is 0 Å². The summed E-state index contributed by atoms with van der Waals surface area (Å²) in [6.45, 7) is 8.21. The van der Waals surface area contributed by atoms with Gasteiger partial charge in [0.25, 0.3) is 0 Å². The van der Waals surface area contributed by atoms with Gasteiger partial charge in [-0.25, -0.2) is 0 Å². The Morgan fingerprint density at radius 3 is 2.28 bits per heavy atom. The zero-order chi connectivity index (χ0) is 13.9. The van der Waals surface area contributed by atoms with Gasteiger partial charge in [-0.15, -0.1) is 0 Å². The Balaban J connectivity index is 3.49. The van der Waals surface area contributed by atoms with E-state index in [9.17, 15) is 4.79 Å². The number of unbranched alkanes of at least 4 members (excludes halogenated alkanes) is 1. The maximum Gasteiger partial charge on any atom is 0.325 e. The Labute approximate surface area is 110 Å². The molecular formula is C13H27NO4. The molecular weight excluding hydrogens is 234 g/mol. The Morgan fingerprint density at radius 2 is 1.72 bits per heavy atom. The van der Waals surface area contributed by atoms with Crippen LogP contribution in [0.4, 0.5) is 0 Å². The number of rotatable bonds is 11. The lowest BCUT2D eigenvalue weighted by Gasteiger charge is -2.21. The second-order valence-electron chi connectivity index (χ2n) is 4.47. The van der Waals surface area contributed by atoms with Crippen molar-refractivity contribution in [2.45, 2.75) is 45.6 Å². The average Bonchev–Trinajstić information content (AvgIpc) is 2.33. The fraction of sp³-hybridized carbons (Fsp3) is 0.923. The topological polar surface area (TPSA) is 70.8 Å². The summed E-state index contributed by atoms with van der Waals surface area (Å²) in [5, 5.41) is 0. The normalized spacial score (nSPS) is 14.2. The van der Waals surface area contributed by atoms with E-state index in [2.05, 4.69) is 6.92 Å². The summed E-state index contributed by atoms with van der Waals surface area (Å²) in [7, 11) is 0. The number of ether oxygens (including phenoxy) is 3. The molecule has 0 saturated carbocycles. The lowest BCUT2D eigenvalue weighted by atomic mass is 10.0. The first-order valence-electron chi connectivity index (χ1n) is 6.66. The van der Waals surface area contributed by atoms with E-state index >= 15 is 0 Å². The van der Waals surface area contributed by atoms with E-state index < -0.39 is 5.54 Å². The maximum atomic E-state index is 11.5. The van der Waals surface area contributed by atoms with Crippen LogP contribution in [0.1, 0.15) is 40.0 Å². The van der Waals surface area contributed by atoms with Crippen molar-refractivity contribution in [1.82, 2.24) is 0 Å². The van der Waals surface area contributed by atoms with Gasteiger partial charge in [-0.05, 0) is 26.7 Å². The molecule has 0 fully saturated rings. The van der Waals surface area contributed by atoms with Crippen LogP contribution in [0.3, 0.4) is 0 Å². The summed E-state index contributed by atoms with van der Waals surface area (Å²) < 4.78 is 15.6. The predicted molar refractivity (Wildman–Crippen MR) is 70.4 cm³/mol. The van der Waals surface area contributed by atoms with Crippen LogP contribution in [0.15, 0.2) is 0 Å². The standard InChI is InChI=1S/C13H27NO4/c1-4-6-8-16-10-11-17-9-7-13(3,14)12(15)18-5-2/h4-11,14H2,1-3H3. The first-order valence-corrected chi connectivity index (χ1v) is 6.66. The number of esters is 1. The quantitative estimate of drug-likeness (QED) is 0.451. The van der Waals surface area contributed by atoms with Crippen molar-refractivity contribution in [3.05, 3.63) is 0 Å². The number of nitrogens with two attached hydrogens (primary N) is 1. The second-order valence-corrected chi connectivity index (χ2v) is 4.47. The Morgan fingerprint density at radius 1 is 1.11 bits per heavy atom. The van der Waals surface area contributed by atoms with Gasteiger partial charge in [0, 0.05) is 13.2 Å². The van der Waals surface area contributed by atoms with Crippen LogP contribution in [0.2, 0.25) is 0 Å². The zero-order valence-corrected chi connectivity index (χ0v) is 11.9. The van der Waals surface area contributed by atoms with Crippen LogP contribution >= 0.6 is 0 Å². The van der Waals surface area contributed by atoms with Crippen LogP contribution < -0.4 is 5.73 Å². The molecule has 5 heteroatoms. The molecule has 0 bridgehead atoms. The van der Waals surface area contributed by atoms with Crippen LogP contribution in [0.25, 0.3) is 0 Å². The van der Waals surface area contributed by atoms with Crippen molar-refractivity contribution >= 4 is 5.97 Å². The molecule has 18 heavy (non-hydrogen) atoms. The zero-order valence-electron chi connectivity index (χ0n) is 11.9. The van der Waals surface area contributed by atoms with Crippen LogP contribution in [0.5, 0.6) is 0 Å². The highest BCUT2D eigenvalue weighted by Crippen LogP contribution is 2.08. The minimum atomic E-state index is -0.973. The van der Waals surface area contributed by atoms with Gasteiger partial charge in [0.15, 0.2) is 0 Å². The van der Waals surface area contributed by atoms with Crippen molar-refractivity contribution in [2.24, 2.45) is 5.73 Å². The highest BCUT2D eigenvalue weighted by molar-refractivity contribution is 5.79. The highest BCUT2D eigenvalue weighted by atomic mass is 16.5. The number of carbonyl (C=O) groups excluding carboxylic acids is 1. The van der Waals surface area contributed by atoms with Gasteiger partial charge in [-0.2, -0.15) is 0 Å². The van der Waals surface area contributed by atoms with Gasteiger partial charge in [-0.3, -0.25) is 4.79 Å². The second kappa shape index (κ2) is 10.3. The molecule has 2 N–H and O–H groups in total. The molecule has 0 saturated heterocycles. The highest BCUT2D eigenvalue weighted by Gasteiger charge is 2.29. The fourth-order valence-electron chi connectivity index (χ4n) is 1.25. The molecule has 0 aliphatic heterocycles. The molecule has 0 aliphatic rings. The third-order valence-corrected chi connectivity index (χ3v) is 2.52. The molecule has 1 atom stereocenters. The number of carbonyl (C=O) groups is 1. The predicted octanol–water partition coefficient (Wildman–Crippen LogP) is 1.49. The van der Waals surface area contributed by atoms with Gasteiger partial charge in [-0.1, -0.05) is 13.3 Å². The third kappa shape index (κ3) is 8.44. The van der Waals surface area contributed by atoms with E-state index in [1.807, 2.05) is 0 Å². The summed E-state index contributed by atoms with van der Waals surface area (Å²) in [4.78, 5) is 11.5. The van der Waals surface area contributed by atoms with E-state index in [1.165, 1.54) is 0 Å². The van der Waals surface area contributed by atoms with E-state index in [0.717, 1.165) is 19.4 Å². The molecule has 0 aromatic heterocycles. The Hall–Kier alpha value is -0.650. The summed E-state index contributed by atoms with van der Waals surface area (Å²) in [6, 6.07) is 0. The Bertz CT molecular complexity index is 219. The van der Waals surface area contributed by atoms with Crippen molar-refractivity contribution < 1.29 is 19.0 Å². The third-order valence-electron chi connectivity index (χ3n) is 2.52. The van der Waals surface area contributed by atoms with Gasteiger partial charge in [0.1, 0.15) is 5.54 Å². The lowest BCUT2D eigenvalue weighted by molar-refractivity contribution is -0.149. The van der Waals surface area contributed by atoms with Crippen molar-refractivity contribution in [3.63, 3.8) is 0 Å². The largest absolute Gasteiger partial charge is 0.465 e. The molecule has 0 aromatic rings. The first-order chi connectivity index (χ1) is 8.54. The van der Waals surface area contributed by atoms with Crippen molar-refractivity contribution in [1.29, 1.82) is 0 Å². The average molecular weight is 261 g/mol. The maximum absolute atomic E-state index is 11.5. The molecule has 108 valence electrons. The molecule has 0 spiro atoms. The van der Waals surface area contributed by atoms with Crippen molar-refractivity contribution in [2.75, 3.05) is 33.0 Å². The van der Waals surface area contributed by atoms with Crippen LogP contribution in [-0.4, -0.2) is 44.5 Å². The molecule has 0 heterocycles. The Kier molecular flexibility index (Phi) is 9.92. The van der Waals surface area contributed by atoms with E-state index in [0.29, 0.717) is 32.8 Å². The number of hydrogen-bond donors (Lipinski definition) is 1. The van der Waals surface area contributed by atoms with E-state index in [4.69, 9.17) is 19.9 Å². The SMILES string of the molecule is CCCCOCCOCCC(C)(N)C(=O)OCC.